The zero-order valence-electron chi connectivity index (χ0n) is 30.0. The van der Waals surface area contributed by atoms with Gasteiger partial charge in [0.25, 0.3) is 0 Å². The lowest BCUT2D eigenvalue weighted by Crippen LogP contribution is -2.16. The summed E-state index contributed by atoms with van der Waals surface area (Å²) in [6, 6.07) is 64.0. The first-order valence-corrected chi connectivity index (χ1v) is 19.4. The first-order valence-electron chi connectivity index (χ1n) is 18.6. The lowest BCUT2D eigenvalue weighted by atomic mass is 9.82. The molecule has 10 aromatic rings. The van der Waals surface area contributed by atoms with Crippen LogP contribution in [0.4, 0.5) is 17.1 Å². The molecule has 1 aliphatic carbocycles. The van der Waals surface area contributed by atoms with Gasteiger partial charge >= 0.3 is 0 Å². The molecule has 11 rings (SSSR count). The summed E-state index contributed by atoms with van der Waals surface area (Å²) < 4.78 is 9.33. The predicted octanol–water partition coefficient (Wildman–Crippen LogP) is 15.1. The van der Waals surface area contributed by atoms with E-state index >= 15 is 0 Å². The number of rotatable bonds is 5. The Morgan fingerprint density at radius 2 is 1.13 bits per heavy atom. The van der Waals surface area contributed by atoms with E-state index in [1.807, 2.05) is 11.3 Å². The van der Waals surface area contributed by atoms with Gasteiger partial charge in [0.2, 0.25) is 0 Å². The van der Waals surface area contributed by atoms with E-state index < -0.39 is 0 Å². The van der Waals surface area contributed by atoms with E-state index in [-0.39, 0.29) is 5.41 Å². The zero-order valence-corrected chi connectivity index (χ0v) is 30.8. The van der Waals surface area contributed by atoms with Gasteiger partial charge in [0.15, 0.2) is 0 Å². The van der Waals surface area contributed by atoms with Gasteiger partial charge in [-0.25, -0.2) is 0 Å². The van der Waals surface area contributed by atoms with Crippen LogP contribution in [0.25, 0.3) is 75.5 Å². The fourth-order valence-corrected chi connectivity index (χ4v) is 10.0. The summed E-state index contributed by atoms with van der Waals surface area (Å²) in [5.41, 5.74) is 15.1. The minimum atomic E-state index is -0.113. The Morgan fingerprint density at radius 3 is 2.00 bits per heavy atom. The van der Waals surface area contributed by atoms with Crippen LogP contribution in [0.1, 0.15) is 25.0 Å². The van der Waals surface area contributed by atoms with Gasteiger partial charge in [0.1, 0.15) is 11.2 Å². The maximum atomic E-state index is 6.76. The lowest BCUT2D eigenvalue weighted by Gasteiger charge is -2.28. The molecule has 256 valence electrons. The Hall–Kier alpha value is -6.42. The van der Waals surface area contributed by atoms with Crippen molar-refractivity contribution in [3.05, 3.63) is 187 Å². The van der Waals surface area contributed by atoms with Gasteiger partial charge in [-0.3, -0.25) is 0 Å². The standard InChI is InChI=1S/C51H35NOS/c1-51(2)44-20-9-6-17-38(44)39-28-27-37(30-45(39)51)52(35-25-23-33(24-26-35)32-13-4-3-5-14-32)36-16-12-15-34(29-36)42-31-43-40-18-8-11-22-47(40)54-50(43)48-41-19-7-10-21-46(41)53-49(42)48/h3-31H,1-2H3. The summed E-state index contributed by atoms with van der Waals surface area (Å²) in [6.45, 7) is 4.70. The fraction of sp³-hybridized carbons (Fsp3) is 0.0588. The lowest BCUT2D eigenvalue weighted by molar-refractivity contribution is 0.660. The molecule has 54 heavy (non-hydrogen) atoms. The maximum Gasteiger partial charge on any atom is 0.144 e. The van der Waals surface area contributed by atoms with Gasteiger partial charge in [-0.05, 0) is 93.5 Å². The molecular weight excluding hydrogens is 675 g/mol. The van der Waals surface area contributed by atoms with E-state index in [9.17, 15) is 0 Å². The summed E-state index contributed by atoms with van der Waals surface area (Å²) in [4.78, 5) is 2.41. The Morgan fingerprint density at radius 1 is 0.463 bits per heavy atom. The molecule has 8 aromatic carbocycles. The second kappa shape index (κ2) is 11.8. The van der Waals surface area contributed by atoms with E-state index in [0.29, 0.717) is 0 Å². The van der Waals surface area contributed by atoms with Crippen LogP contribution in [-0.2, 0) is 5.41 Å². The maximum absolute atomic E-state index is 6.76. The van der Waals surface area contributed by atoms with Gasteiger partial charge in [-0.1, -0.05) is 135 Å². The van der Waals surface area contributed by atoms with Crippen LogP contribution in [0.3, 0.4) is 0 Å². The third-order valence-corrected chi connectivity index (χ3v) is 12.7. The summed E-state index contributed by atoms with van der Waals surface area (Å²) >= 11 is 1.85. The second-order valence-electron chi connectivity index (χ2n) is 14.9. The van der Waals surface area contributed by atoms with Crippen LogP contribution < -0.4 is 4.90 Å². The molecule has 0 N–H and O–H groups in total. The molecule has 1 aliphatic rings. The van der Waals surface area contributed by atoms with E-state index in [4.69, 9.17) is 4.42 Å². The quantitative estimate of drug-likeness (QED) is 0.177. The van der Waals surface area contributed by atoms with Gasteiger partial charge < -0.3 is 9.32 Å². The van der Waals surface area contributed by atoms with Crippen molar-refractivity contribution in [3.8, 4) is 33.4 Å². The van der Waals surface area contributed by atoms with E-state index in [1.54, 1.807) is 0 Å². The van der Waals surface area contributed by atoms with Crippen molar-refractivity contribution in [3.63, 3.8) is 0 Å². The summed E-state index contributed by atoms with van der Waals surface area (Å²) in [5.74, 6) is 0. The Labute approximate surface area is 318 Å². The normalized spacial score (nSPS) is 13.1. The Balaban J connectivity index is 1.12. The highest BCUT2D eigenvalue weighted by Gasteiger charge is 2.35. The predicted molar refractivity (Wildman–Crippen MR) is 230 cm³/mol. The molecule has 0 saturated heterocycles. The number of furan rings is 1. The number of anilines is 3. The molecule has 0 fully saturated rings. The first-order chi connectivity index (χ1) is 26.5. The van der Waals surface area contributed by atoms with Gasteiger partial charge in [-0.15, -0.1) is 11.3 Å². The van der Waals surface area contributed by atoms with Crippen molar-refractivity contribution in [2.45, 2.75) is 19.3 Å². The largest absolute Gasteiger partial charge is 0.455 e. The van der Waals surface area contributed by atoms with Crippen molar-refractivity contribution in [1.29, 1.82) is 0 Å². The Bertz CT molecular complexity index is 3080. The third-order valence-electron chi connectivity index (χ3n) is 11.5. The second-order valence-corrected chi connectivity index (χ2v) is 16.0. The SMILES string of the molecule is CC1(C)c2ccccc2-c2ccc(N(c3ccc(-c4ccccc4)cc3)c3cccc(-c4cc5c6ccccc6sc5c5c4oc4ccccc45)c3)cc21. The number of benzene rings is 8. The molecule has 0 aliphatic heterocycles. The number of para-hydroxylation sites is 1. The molecule has 0 bridgehead atoms. The van der Waals surface area contributed by atoms with E-state index in [1.165, 1.54) is 58.9 Å². The minimum Gasteiger partial charge on any atom is -0.455 e. The molecule has 2 heterocycles. The molecule has 2 aromatic heterocycles. The number of nitrogens with zero attached hydrogens (tertiary/aromatic N) is 1. The topological polar surface area (TPSA) is 16.4 Å². The molecule has 0 saturated carbocycles. The van der Waals surface area contributed by atoms with Crippen molar-refractivity contribution < 1.29 is 4.42 Å². The van der Waals surface area contributed by atoms with Crippen molar-refractivity contribution in [2.75, 3.05) is 4.90 Å². The highest BCUT2D eigenvalue weighted by molar-refractivity contribution is 7.26. The molecule has 0 amide bonds. The molecule has 0 radical (unpaired) electrons. The van der Waals surface area contributed by atoms with Gasteiger partial charge in [0.05, 0.1) is 0 Å². The number of hydrogen-bond acceptors (Lipinski definition) is 3. The molecule has 2 nitrogen and oxygen atoms in total. The highest BCUT2D eigenvalue weighted by Crippen LogP contribution is 2.51. The van der Waals surface area contributed by atoms with Crippen molar-refractivity contribution in [2.24, 2.45) is 0 Å². The van der Waals surface area contributed by atoms with Crippen LogP contribution in [0.5, 0.6) is 0 Å². The van der Waals surface area contributed by atoms with E-state index in [2.05, 4.69) is 195 Å². The third kappa shape index (κ3) is 4.65. The van der Waals surface area contributed by atoms with Crippen LogP contribution >= 0.6 is 11.3 Å². The number of hydrogen-bond donors (Lipinski definition) is 0. The molecule has 0 unspecified atom stereocenters. The highest BCUT2D eigenvalue weighted by atomic mass is 32.1. The average Bonchev–Trinajstić information content (AvgIpc) is 3.86. The van der Waals surface area contributed by atoms with E-state index in [0.717, 1.165) is 44.7 Å². The summed E-state index contributed by atoms with van der Waals surface area (Å²) in [6.07, 6.45) is 0. The van der Waals surface area contributed by atoms with Crippen LogP contribution in [0.2, 0.25) is 0 Å². The number of thiophene rings is 1. The van der Waals surface area contributed by atoms with Crippen LogP contribution in [0.15, 0.2) is 180 Å². The first kappa shape index (κ1) is 31.1. The average molecular weight is 710 g/mol. The minimum absolute atomic E-state index is 0.113. The summed E-state index contributed by atoms with van der Waals surface area (Å²) in [7, 11) is 0. The monoisotopic (exact) mass is 709 g/mol. The van der Waals surface area contributed by atoms with Gasteiger partial charge in [-0.2, -0.15) is 0 Å². The smallest absolute Gasteiger partial charge is 0.144 e. The van der Waals surface area contributed by atoms with Crippen LogP contribution in [-0.4, -0.2) is 0 Å². The molecule has 0 spiro atoms. The molecular formula is C51H35NOS. The number of fused-ring (bicyclic) bond motifs is 10. The zero-order chi connectivity index (χ0) is 36.0. The summed E-state index contributed by atoms with van der Waals surface area (Å²) in [5, 5.41) is 4.90. The Kier molecular flexibility index (Phi) is 6.80. The van der Waals surface area contributed by atoms with Crippen molar-refractivity contribution >= 4 is 70.5 Å². The van der Waals surface area contributed by atoms with Crippen molar-refractivity contribution in [1.82, 2.24) is 0 Å². The molecule has 3 heteroatoms. The van der Waals surface area contributed by atoms with Crippen LogP contribution in [0, 0.1) is 0 Å². The fourth-order valence-electron chi connectivity index (χ4n) is 8.80. The molecule has 0 atom stereocenters. The van der Waals surface area contributed by atoms with Gasteiger partial charge in [0, 0.05) is 59.0 Å².